The van der Waals surface area contributed by atoms with Crippen LogP contribution in [-0.4, -0.2) is 62.5 Å². The molecule has 2 N–H and O–H groups in total. The molecule has 2 rings (SSSR count). The minimum absolute atomic E-state index is 0.000962. The van der Waals surface area contributed by atoms with Gasteiger partial charge in [0.15, 0.2) is 0 Å². The lowest BCUT2D eigenvalue weighted by Crippen LogP contribution is -2.48. The first kappa shape index (κ1) is 24.8. The molecular weight excluding hydrogens is 418 g/mol. The monoisotopic (exact) mass is 449 g/mol. The van der Waals surface area contributed by atoms with Gasteiger partial charge in [-0.05, 0) is 63.3 Å². The Morgan fingerprint density at radius 2 is 1.71 bits per heavy atom. The van der Waals surface area contributed by atoms with Gasteiger partial charge in [0.2, 0.25) is 10.0 Å². The number of methoxy groups -OCH3 is 1. The molecule has 0 fully saturated rings. The number of unbranched alkanes of at least 4 members (excludes halogenated alkanes) is 1. The summed E-state index contributed by atoms with van der Waals surface area (Å²) in [7, 11) is 1.37. The normalized spacial score (nSPS) is 12.7. The summed E-state index contributed by atoms with van der Waals surface area (Å²) < 4.78 is 33.4. The number of nitrogens with zero attached hydrogens (tertiary/aromatic N) is 2. The van der Waals surface area contributed by atoms with E-state index in [0.717, 1.165) is 22.8 Å². The van der Waals surface area contributed by atoms with Crippen LogP contribution in [-0.2, 0) is 21.4 Å². The number of nitrogens with one attached hydrogen (secondary N) is 1. The molecule has 0 aliphatic carbocycles. The van der Waals surface area contributed by atoms with Crippen molar-refractivity contribution in [1.82, 2.24) is 14.7 Å². The Hall–Kier alpha value is -2.46. The highest BCUT2D eigenvalue weighted by Gasteiger charge is 2.35. The summed E-state index contributed by atoms with van der Waals surface area (Å²) in [4.78, 5) is 14.6. The highest BCUT2D eigenvalue weighted by atomic mass is 32.2. The predicted molar refractivity (Wildman–Crippen MR) is 118 cm³/mol. The summed E-state index contributed by atoms with van der Waals surface area (Å²) in [5.41, 5.74) is 2.39. The number of ether oxygens (including phenoxy) is 1. The van der Waals surface area contributed by atoms with Crippen LogP contribution in [0, 0.1) is 0 Å². The van der Waals surface area contributed by atoms with Crippen molar-refractivity contribution in [2.75, 3.05) is 27.7 Å². The van der Waals surface area contributed by atoms with E-state index in [4.69, 9.17) is 4.74 Å². The maximum atomic E-state index is 13.6. The Kier molecular flexibility index (Phi) is 9.44. The van der Waals surface area contributed by atoms with Gasteiger partial charge in [-0.3, -0.25) is 10.0 Å². The van der Waals surface area contributed by atoms with Crippen molar-refractivity contribution in [3.63, 3.8) is 0 Å². The Bertz CT molecular complexity index is 918. The van der Waals surface area contributed by atoms with Gasteiger partial charge in [-0.2, -0.15) is 4.31 Å². The standard InChI is InChI=1S/C22H31N3O5S/c1-24(2)16-8-7-11-21(22(26)23-27)25(17-18-9-5-4-6-10-18)31(28,29)20-14-12-19(30-3)13-15-20/h4-6,9-10,12-15,21,27H,7-8,11,16-17H2,1-3H3,(H,23,26)/t21-/m1/s1. The maximum Gasteiger partial charge on any atom is 0.261 e. The number of benzene rings is 2. The summed E-state index contributed by atoms with van der Waals surface area (Å²) in [6, 6.07) is 14.0. The Morgan fingerprint density at radius 3 is 2.26 bits per heavy atom. The van der Waals surface area contributed by atoms with Gasteiger partial charge >= 0.3 is 0 Å². The van der Waals surface area contributed by atoms with E-state index in [1.807, 2.05) is 37.2 Å². The first-order valence-corrected chi connectivity index (χ1v) is 11.5. The highest BCUT2D eigenvalue weighted by molar-refractivity contribution is 7.89. The molecule has 0 aliphatic heterocycles. The van der Waals surface area contributed by atoms with E-state index < -0.39 is 22.0 Å². The largest absolute Gasteiger partial charge is 0.497 e. The minimum Gasteiger partial charge on any atom is -0.497 e. The molecule has 2 aromatic rings. The lowest BCUT2D eigenvalue weighted by atomic mass is 10.1. The fourth-order valence-corrected chi connectivity index (χ4v) is 4.86. The van der Waals surface area contributed by atoms with Crippen LogP contribution in [0.25, 0.3) is 0 Å². The van der Waals surface area contributed by atoms with Crippen molar-refractivity contribution in [2.45, 2.75) is 36.7 Å². The number of hydrogen-bond donors (Lipinski definition) is 2. The van der Waals surface area contributed by atoms with Gasteiger partial charge in [-0.1, -0.05) is 36.8 Å². The van der Waals surface area contributed by atoms with Crippen LogP contribution in [0.5, 0.6) is 5.75 Å². The zero-order valence-corrected chi connectivity index (χ0v) is 19.0. The molecule has 0 spiro atoms. The molecule has 8 nitrogen and oxygen atoms in total. The van der Waals surface area contributed by atoms with Crippen molar-refractivity contribution in [3.05, 3.63) is 60.2 Å². The Labute approximate surface area is 184 Å². The zero-order chi connectivity index (χ0) is 22.9. The number of carbonyl (C=O) groups is 1. The van der Waals surface area contributed by atoms with Crippen LogP contribution in [0.4, 0.5) is 0 Å². The van der Waals surface area contributed by atoms with E-state index in [1.54, 1.807) is 29.7 Å². The molecule has 0 aliphatic rings. The molecule has 1 atom stereocenters. The number of carbonyl (C=O) groups excluding carboxylic acids is 1. The second-order valence-electron chi connectivity index (χ2n) is 7.50. The average molecular weight is 450 g/mol. The van der Waals surface area contributed by atoms with Gasteiger partial charge in [0, 0.05) is 6.54 Å². The maximum absolute atomic E-state index is 13.6. The van der Waals surface area contributed by atoms with Gasteiger partial charge in [0.25, 0.3) is 5.91 Å². The molecule has 0 heterocycles. The summed E-state index contributed by atoms with van der Waals surface area (Å²) in [6.07, 6.45) is 1.70. The van der Waals surface area contributed by atoms with Crippen LogP contribution in [0.2, 0.25) is 0 Å². The molecule has 0 radical (unpaired) electrons. The van der Waals surface area contributed by atoms with Crippen molar-refractivity contribution < 1.29 is 23.2 Å². The molecular formula is C22H31N3O5S. The number of hydroxylamine groups is 1. The predicted octanol–water partition coefficient (Wildman–Crippen LogP) is 2.49. The molecule has 2 aromatic carbocycles. The molecule has 170 valence electrons. The summed E-state index contributed by atoms with van der Waals surface area (Å²) in [5, 5.41) is 9.32. The second kappa shape index (κ2) is 11.8. The van der Waals surface area contributed by atoms with E-state index in [9.17, 15) is 18.4 Å². The lowest BCUT2D eigenvalue weighted by molar-refractivity contribution is -0.133. The van der Waals surface area contributed by atoms with Gasteiger partial charge < -0.3 is 9.64 Å². The third-order valence-corrected chi connectivity index (χ3v) is 6.81. The third-order valence-electron chi connectivity index (χ3n) is 4.94. The van der Waals surface area contributed by atoms with Gasteiger partial charge in [-0.25, -0.2) is 13.9 Å². The van der Waals surface area contributed by atoms with Crippen LogP contribution in [0.15, 0.2) is 59.5 Å². The smallest absolute Gasteiger partial charge is 0.261 e. The minimum atomic E-state index is -4.04. The quantitative estimate of drug-likeness (QED) is 0.293. The summed E-state index contributed by atoms with van der Waals surface area (Å²) in [6.45, 7) is 0.818. The Balaban J connectivity index is 2.40. The number of hydrogen-bond acceptors (Lipinski definition) is 6. The van der Waals surface area contributed by atoms with Crippen LogP contribution >= 0.6 is 0 Å². The zero-order valence-electron chi connectivity index (χ0n) is 18.2. The molecule has 0 saturated heterocycles. The van der Waals surface area contributed by atoms with Crippen LogP contribution < -0.4 is 10.2 Å². The third kappa shape index (κ3) is 7.03. The van der Waals surface area contributed by atoms with Crippen LogP contribution in [0.1, 0.15) is 24.8 Å². The van der Waals surface area contributed by atoms with Crippen molar-refractivity contribution >= 4 is 15.9 Å². The Morgan fingerprint density at radius 1 is 1.06 bits per heavy atom. The fraction of sp³-hybridized carbons (Fsp3) is 0.409. The van der Waals surface area contributed by atoms with Gasteiger partial charge in [-0.15, -0.1) is 0 Å². The van der Waals surface area contributed by atoms with E-state index >= 15 is 0 Å². The topological polar surface area (TPSA) is 99.2 Å². The lowest BCUT2D eigenvalue weighted by Gasteiger charge is -2.30. The molecule has 9 heteroatoms. The van der Waals surface area contributed by atoms with E-state index in [-0.39, 0.29) is 17.9 Å². The first-order chi connectivity index (χ1) is 14.8. The SMILES string of the molecule is COc1ccc(S(=O)(=O)N(Cc2ccccc2)[C@H](CCCCN(C)C)C(=O)NO)cc1. The van der Waals surface area contributed by atoms with Crippen LogP contribution in [0.3, 0.4) is 0 Å². The second-order valence-corrected chi connectivity index (χ2v) is 9.39. The number of rotatable bonds is 12. The van der Waals surface area contributed by atoms with Crippen molar-refractivity contribution in [3.8, 4) is 5.75 Å². The highest BCUT2D eigenvalue weighted by Crippen LogP contribution is 2.25. The van der Waals surface area contributed by atoms with E-state index in [1.165, 1.54) is 19.2 Å². The van der Waals surface area contributed by atoms with Crippen molar-refractivity contribution in [2.24, 2.45) is 0 Å². The molecule has 0 aromatic heterocycles. The van der Waals surface area contributed by atoms with Gasteiger partial charge in [0.05, 0.1) is 12.0 Å². The first-order valence-electron chi connectivity index (χ1n) is 10.1. The number of amides is 1. The average Bonchev–Trinajstić information content (AvgIpc) is 2.78. The number of sulfonamides is 1. The molecule has 0 bridgehead atoms. The summed E-state index contributed by atoms with van der Waals surface area (Å²) in [5.74, 6) is -0.222. The fourth-order valence-electron chi connectivity index (χ4n) is 3.26. The van der Waals surface area contributed by atoms with Gasteiger partial charge in [0.1, 0.15) is 11.8 Å². The van der Waals surface area contributed by atoms with Crippen molar-refractivity contribution in [1.29, 1.82) is 0 Å². The summed E-state index contributed by atoms with van der Waals surface area (Å²) >= 11 is 0. The van der Waals surface area contributed by atoms with E-state index in [0.29, 0.717) is 12.2 Å². The molecule has 0 unspecified atom stereocenters. The molecule has 31 heavy (non-hydrogen) atoms. The molecule has 1 amide bonds. The molecule has 0 saturated carbocycles. The van der Waals surface area contributed by atoms with E-state index in [2.05, 4.69) is 0 Å².